The van der Waals surface area contributed by atoms with Crippen LogP contribution >= 0.6 is 0 Å². The second-order valence-corrected chi connectivity index (χ2v) is 5.11. The number of carbonyl (C=O) groups is 1. The van der Waals surface area contributed by atoms with Crippen molar-refractivity contribution in [3.8, 4) is 0 Å². The molecule has 21 heavy (non-hydrogen) atoms. The summed E-state index contributed by atoms with van der Waals surface area (Å²) in [6.07, 6.45) is 1.72. The van der Waals surface area contributed by atoms with Crippen molar-refractivity contribution in [3.05, 3.63) is 64.1 Å². The minimum absolute atomic E-state index is 0.0654. The maximum atomic E-state index is 12.1. The molecule has 0 aliphatic heterocycles. The average Bonchev–Trinajstić information content (AvgIpc) is 2.48. The first-order valence-corrected chi connectivity index (χ1v) is 6.68. The molecule has 1 amide bonds. The summed E-state index contributed by atoms with van der Waals surface area (Å²) in [7, 11) is 5.59. The number of aromatic nitrogens is 1. The molecule has 2 aromatic rings. The molecular weight excluding hydrogens is 266 g/mol. The summed E-state index contributed by atoms with van der Waals surface area (Å²) in [6.45, 7) is 0.391. The fourth-order valence-electron chi connectivity index (χ4n) is 1.95. The summed E-state index contributed by atoms with van der Waals surface area (Å²) in [5.41, 5.74) is 2.48. The van der Waals surface area contributed by atoms with Crippen LogP contribution in [0.5, 0.6) is 0 Å². The highest BCUT2D eigenvalue weighted by Gasteiger charge is 2.06. The summed E-state index contributed by atoms with van der Waals surface area (Å²) < 4.78 is 1.49. The molecule has 1 aromatic carbocycles. The van der Waals surface area contributed by atoms with Gasteiger partial charge in [-0.15, -0.1) is 0 Å². The first-order chi connectivity index (χ1) is 9.97. The number of anilines is 1. The van der Waals surface area contributed by atoms with Gasteiger partial charge in [0.2, 0.25) is 5.56 Å². The molecule has 0 atom stereocenters. The number of benzene rings is 1. The van der Waals surface area contributed by atoms with Gasteiger partial charge in [0.1, 0.15) is 0 Å². The van der Waals surface area contributed by atoms with E-state index in [1.807, 2.05) is 31.1 Å². The van der Waals surface area contributed by atoms with Gasteiger partial charge in [0.25, 0.3) is 5.91 Å². The third-order valence-electron chi connectivity index (χ3n) is 3.25. The lowest BCUT2D eigenvalue weighted by atomic mass is 10.2. The lowest BCUT2D eigenvalue weighted by molar-refractivity contribution is 0.0951. The molecule has 110 valence electrons. The summed E-state index contributed by atoms with van der Waals surface area (Å²) in [5, 5.41) is 2.84. The molecule has 0 saturated heterocycles. The number of carbonyl (C=O) groups excluding carboxylic acids is 1. The fraction of sp³-hybridized carbons (Fsp3) is 0.250. The minimum Gasteiger partial charge on any atom is -0.378 e. The van der Waals surface area contributed by atoms with E-state index >= 15 is 0 Å². The standard InChI is InChI=1S/C16H19N3O2/c1-18(2)14-7-5-13(6-8-14)16(21)17-10-12-4-9-15(20)19(3)11-12/h4-9,11H,10H2,1-3H3,(H,17,21). The van der Waals surface area contributed by atoms with Crippen molar-refractivity contribution in [2.75, 3.05) is 19.0 Å². The predicted octanol–water partition coefficient (Wildman–Crippen LogP) is 1.38. The zero-order valence-electron chi connectivity index (χ0n) is 12.5. The quantitative estimate of drug-likeness (QED) is 0.923. The molecule has 0 unspecified atom stereocenters. The van der Waals surface area contributed by atoms with E-state index in [1.54, 1.807) is 31.4 Å². The molecule has 0 bridgehead atoms. The van der Waals surface area contributed by atoms with Crippen LogP contribution in [0.4, 0.5) is 5.69 Å². The number of nitrogens with one attached hydrogen (secondary N) is 1. The lowest BCUT2D eigenvalue weighted by Gasteiger charge is -2.12. The van der Waals surface area contributed by atoms with Crippen molar-refractivity contribution in [3.63, 3.8) is 0 Å². The van der Waals surface area contributed by atoms with Gasteiger partial charge < -0.3 is 14.8 Å². The van der Waals surface area contributed by atoms with Crippen molar-refractivity contribution in [1.82, 2.24) is 9.88 Å². The van der Waals surface area contributed by atoms with Crippen LogP contribution in [0.25, 0.3) is 0 Å². The number of aryl methyl sites for hydroxylation is 1. The summed E-state index contributed by atoms with van der Waals surface area (Å²) in [4.78, 5) is 25.3. The Morgan fingerprint density at radius 3 is 2.38 bits per heavy atom. The Labute approximate surface area is 123 Å². The Kier molecular flexibility index (Phi) is 4.42. The second kappa shape index (κ2) is 6.26. The number of amides is 1. The third kappa shape index (κ3) is 3.72. The number of rotatable bonds is 4. The lowest BCUT2D eigenvalue weighted by Crippen LogP contribution is -2.24. The topological polar surface area (TPSA) is 54.3 Å². The highest BCUT2D eigenvalue weighted by atomic mass is 16.1. The number of pyridine rings is 1. The van der Waals surface area contributed by atoms with Crippen LogP contribution in [-0.2, 0) is 13.6 Å². The fourth-order valence-corrected chi connectivity index (χ4v) is 1.95. The Morgan fingerprint density at radius 1 is 1.14 bits per heavy atom. The van der Waals surface area contributed by atoms with Crippen molar-refractivity contribution >= 4 is 11.6 Å². The molecule has 1 heterocycles. The average molecular weight is 285 g/mol. The van der Waals surface area contributed by atoms with E-state index in [9.17, 15) is 9.59 Å². The third-order valence-corrected chi connectivity index (χ3v) is 3.25. The Balaban J connectivity index is 2.01. The van der Waals surface area contributed by atoms with E-state index < -0.39 is 0 Å². The molecule has 0 aliphatic rings. The van der Waals surface area contributed by atoms with Gasteiger partial charge in [-0.2, -0.15) is 0 Å². The van der Waals surface area contributed by atoms with Crippen LogP contribution in [0, 0.1) is 0 Å². The molecule has 1 N–H and O–H groups in total. The van der Waals surface area contributed by atoms with Gasteiger partial charge in [0, 0.05) is 51.2 Å². The van der Waals surface area contributed by atoms with Crippen LogP contribution in [0.2, 0.25) is 0 Å². The number of hydrogen-bond donors (Lipinski definition) is 1. The van der Waals surface area contributed by atoms with Crippen molar-refractivity contribution in [1.29, 1.82) is 0 Å². The first-order valence-electron chi connectivity index (χ1n) is 6.68. The van der Waals surface area contributed by atoms with Crippen LogP contribution in [-0.4, -0.2) is 24.6 Å². The zero-order chi connectivity index (χ0) is 15.4. The van der Waals surface area contributed by atoms with Gasteiger partial charge in [0.05, 0.1) is 0 Å². The summed E-state index contributed by atoms with van der Waals surface area (Å²) >= 11 is 0. The van der Waals surface area contributed by atoms with E-state index in [0.717, 1.165) is 11.3 Å². The number of hydrogen-bond acceptors (Lipinski definition) is 3. The van der Waals surface area contributed by atoms with E-state index in [1.165, 1.54) is 10.6 Å². The number of nitrogens with zero attached hydrogens (tertiary/aromatic N) is 2. The molecule has 0 radical (unpaired) electrons. The highest BCUT2D eigenvalue weighted by Crippen LogP contribution is 2.12. The zero-order valence-corrected chi connectivity index (χ0v) is 12.5. The van der Waals surface area contributed by atoms with Gasteiger partial charge in [-0.3, -0.25) is 9.59 Å². The van der Waals surface area contributed by atoms with Gasteiger partial charge >= 0.3 is 0 Å². The van der Waals surface area contributed by atoms with Crippen molar-refractivity contribution in [2.45, 2.75) is 6.54 Å². The van der Waals surface area contributed by atoms with Gasteiger partial charge in [-0.1, -0.05) is 6.07 Å². The van der Waals surface area contributed by atoms with Crippen LogP contribution in [0.3, 0.4) is 0 Å². The van der Waals surface area contributed by atoms with E-state index in [2.05, 4.69) is 5.32 Å². The Morgan fingerprint density at radius 2 is 1.81 bits per heavy atom. The normalized spacial score (nSPS) is 10.2. The van der Waals surface area contributed by atoms with E-state index in [0.29, 0.717) is 12.1 Å². The van der Waals surface area contributed by atoms with Gasteiger partial charge in [-0.25, -0.2) is 0 Å². The van der Waals surface area contributed by atoms with Gasteiger partial charge in [-0.05, 0) is 29.8 Å². The first kappa shape index (κ1) is 14.8. The maximum absolute atomic E-state index is 12.1. The molecule has 0 spiro atoms. The van der Waals surface area contributed by atoms with E-state index in [4.69, 9.17) is 0 Å². The summed E-state index contributed by atoms with van der Waals surface area (Å²) in [6, 6.07) is 10.6. The van der Waals surface area contributed by atoms with Crippen molar-refractivity contribution in [2.24, 2.45) is 7.05 Å². The molecule has 5 nitrogen and oxygen atoms in total. The molecule has 0 fully saturated rings. The predicted molar refractivity (Wildman–Crippen MR) is 83.6 cm³/mol. The minimum atomic E-state index is -0.130. The maximum Gasteiger partial charge on any atom is 0.251 e. The molecule has 1 aromatic heterocycles. The molecule has 5 heteroatoms. The Hall–Kier alpha value is -2.56. The smallest absolute Gasteiger partial charge is 0.251 e. The Bertz CT molecular complexity index is 687. The monoisotopic (exact) mass is 285 g/mol. The SMILES string of the molecule is CN(C)c1ccc(C(=O)NCc2ccc(=O)n(C)c2)cc1. The van der Waals surface area contributed by atoms with Crippen LogP contribution in [0.1, 0.15) is 15.9 Å². The van der Waals surface area contributed by atoms with Gasteiger partial charge in [0.15, 0.2) is 0 Å². The van der Waals surface area contributed by atoms with E-state index in [-0.39, 0.29) is 11.5 Å². The van der Waals surface area contributed by atoms with Crippen LogP contribution < -0.4 is 15.8 Å². The molecule has 0 saturated carbocycles. The molecular formula is C16H19N3O2. The summed E-state index contributed by atoms with van der Waals surface area (Å²) in [5.74, 6) is -0.130. The second-order valence-electron chi connectivity index (χ2n) is 5.11. The van der Waals surface area contributed by atoms with Crippen molar-refractivity contribution < 1.29 is 4.79 Å². The van der Waals surface area contributed by atoms with Crippen LogP contribution in [0.15, 0.2) is 47.4 Å². The largest absolute Gasteiger partial charge is 0.378 e. The molecule has 2 rings (SSSR count). The molecule has 0 aliphatic carbocycles. The highest BCUT2D eigenvalue weighted by molar-refractivity contribution is 5.94.